The van der Waals surface area contributed by atoms with Gasteiger partial charge in [-0.15, -0.1) is 0 Å². The lowest BCUT2D eigenvalue weighted by Crippen LogP contribution is -2.14. The maximum absolute atomic E-state index is 13.4. The number of hydrogen-bond acceptors (Lipinski definition) is 2. The molecular weight excluding hydrogens is 250 g/mol. The van der Waals surface area contributed by atoms with E-state index in [2.05, 4.69) is 5.10 Å². The van der Waals surface area contributed by atoms with Crippen LogP contribution in [0.1, 0.15) is 18.1 Å². The van der Waals surface area contributed by atoms with Crippen molar-refractivity contribution in [3.8, 4) is 0 Å². The van der Waals surface area contributed by atoms with Crippen LogP contribution in [-0.4, -0.2) is 21.0 Å². The van der Waals surface area contributed by atoms with E-state index in [4.69, 9.17) is 0 Å². The lowest BCUT2D eigenvalue weighted by atomic mass is 10.0. The van der Waals surface area contributed by atoms with Crippen molar-refractivity contribution in [1.82, 2.24) is 9.78 Å². The summed E-state index contributed by atoms with van der Waals surface area (Å²) in [5.41, 5.74) is 1.22. The van der Waals surface area contributed by atoms with E-state index in [-0.39, 0.29) is 6.42 Å². The summed E-state index contributed by atoms with van der Waals surface area (Å²) >= 11 is 0. The standard InChI is InChI=1S/C14H16F2N2O/c1-2-18-9-10(8-17-18)5-13(19)6-11-3-4-12(15)7-14(11)16/h3-4,7-9,13,19H,2,5-6H2,1H3. The predicted octanol–water partition coefficient (Wildman–Crippen LogP) is 2.33. The highest BCUT2D eigenvalue weighted by Crippen LogP contribution is 2.14. The van der Waals surface area contributed by atoms with Crippen molar-refractivity contribution in [1.29, 1.82) is 0 Å². The molecule has 1 aromatic carbocycles. The van der Waals surface area contributed by atoms with Crippen LogP contribution in [-0.2, 0) is 19.4 Å². The van der Waals surface area contributed by atoms with Crippen molar-refractivity contribution >= 4 is 0 Å². The molecule has 0 fully saturated rings. The Morgan fingerprint density at radius 3 is 2.74 bits per heavy atom. The SMILES string of the molecule is CCn1cc(CC(O)Cc2ccc(F)cc2F)cn1. The molecule has 3 nitrogen and oxygen atoms in total. The Labute approximate surface area is 110 Å². The lowest BCUT2D eigenvalue weighted by Gasteiger charge is -2.10. The Kier molecular flexibility index (Phi) is 4.27. The third-order valence-electron chi connectivity index (χ3n) is 2.95. The van der Waals surface area contributed by atoms with Gasteiger partial charge in [-0.3, -0.25) is 4.68 Å². The first-order chi connectivity index (χ1) is 9.08. The van der Waals surface area contributed by atoms with Gasteiger partial charge < -0.3 is 5.11 Å². The van der Waals surface area contributed by atoms with Crippen molar-refractivity contribution in [2.75, 3.05) is 0 Å². The summed E-state index contributed by atoms with van der Waals surface area (Å²) in [7, 11) is 0. The topological polar surface area (TPSA) is 38.0 Å². The molecule has 102 valence electrons. The van der Waals surface area contributed by atoms with Gasteiger partial charge in [0.25, 0.3) is 0 Å². The minimum absolute atomic E-state index is 0.156. The van der Waals surface area contributed by atoms with Crippen LogP contribution in [0.25, 0.3) is 0 Å². The van der Waals surface area contributed by atoms with Crippen molar-refractivity contribution in [2.24, 2.45) is 0 Å². The fourth-order valence-electron chi connectivity index (χ4n) is 1.97. The highest BCUT2D eigenvalue weighted by Gasteiger charge is 2.12. The van der Waals surface area contributed by atoms with Crippen molar-refractivity contribution in [2.45, 2.75) is 32.4 Å². The highest BCUT2D eigenvalue weighted by atomic mass is 19.1. The number of hydrogen-bond donors (Lipinski definition) is 1. The first-order valence-corrected chi connectivity index (χ1v) is 6.21. The molecule has 0 saturated heterocycles. The van der Waals surface area contributed by atoms with E-state index < -0.39 is 17.7 Å². The molecule has 1 unspecified atom stereocenters. The number of rotatable bonds is 5. The summed E-state index contributed by atoms with van der Waals surface area (Å²) in [6.07, 6.45) is 3.38. The summed E-state index contributed by atoms with van der Waals surface area (Å²) in [5, 5.41) is 14.0. The molecule has 0 aliphatic rings. The van der Waals surface area contributed by atoms with E-state index in [1.165, 1.54) is 12.1 Å². The number of aryl methyl sites for hydroxylation is 1. The van der Waals surface area contributed by atoms with Gasteiger partial charge in [0, 0.05) is 31.6 Å². The van der Waals surface area contributed by atoms with E-state index >= 15 is 0 Å². The number of aliphatic hydroxyl groups is 1. The van der Waals surface area contributed by atoms with Crippen molar-refractivity contribution in [3.63, 3.8) is 0 Å². The summed E-state index contributed by atoms with van der Waals surface area (Å²) < 4.78 is 28.0. The fraction of sp³-hybridized carbons (Fsp3) is 0.357. The molecule has 0 saturated carbocycles. The zero-order chi connectivity index (χ0) is 13.8. The number of halogens is 2. The molecule has 1 aromatic heterocycles. The molecule has 5 heteroatoms. The zero-order valence-corrected chi connectivity index (χ0v) is 10.7. The second-order valence-electron chi connectivity index (χ2n) is 4.50. The Morgan fingerprint density at radius 2 is 2.11 bits per heavy atom. The molecule has 2 rings (SSSR count). The maximum Gasteiger partial charge on any atom is 0.129 e. The molecule has 0 bridgehead atoms. The average Bonchev–Trinajstić information content (AvgIpc) is 2.80. The molecule has 0 aliphatic carbocycles. The van der Waals surface area contributed by atoms with Gasteiger partial charge in [-0.2, -0.15) is 5.10 Å². The van der Waals surface area contributed by atoms with Crippen LogP contribution in [0.5, 0.6) is 0 Å². The fourth-order valence-corrected chi connectivity index (χ4v) is 1.97. The molecular formula is C14H16F2N2O. The Balaban J connectivity index is 1.98. The predicted molar refractivity (Wildman–Crippen MR) is 67.7 cm³/mol. The van der Waals surface area contributed by atoms with Gasteiger partial charge in [0.2, 0.25) is 0 Å². The lowest BCUT2D eigenvalue weighted by molar-refractivity contribution is 0.174. The molecule has 19 heavy (non-hydrogen) atoms. The molecule has 0 spiro atoms. The number of aliphatic hydroxyl groups excluding tert-OH is 1. The normalized spacial score (nSPS) is 12.6. The molecule has 0 radical (unpaired) electrons. The molecule has 0 aliphatic heterocycles. The summed E-state index contributed by atoms with van der Waals surface area (Å²) in [5.74, 6) is -1.23. The van der Waals surface area contributed by atoms with Gasteiger partial charge in [0.05, 0.1) is 12.3 Å². The Morgan fingerprint density at radius 1 is 1.32 bits per heavy atom. The van der Waals surface area contributed by atoms with Gasteiger partial charge in [0.1, 0.15) is 11.6 Å². The molecule has 1 atom stereocenters. The second kappa shape index (κ2) is 5.93. The number of nitrogens with zero attached hydrogens (tertiary/aromatic N) is 2. The van der Waals surface area contributed by atoms with E-state index in [0.29, 0.717) is 12.0 Å². The van der Waals surface area contributed by atoms with Crippen LogP contribution in [0.15, 0.2) is 30.6 Å². The van der Waals surface area contributed by atoms with Crippen LogP contribution < -0.4 is 0 Å². The molecule has 0 amide bonds. The number of aromatic nitrogens is 2. The van der Waals surface area contributed by atoms with Gasteiger partial charge in [-0.05, 0) is 24.1 Å². The smallest absolute Gasteiger partial charge is 0.129 e. The minimum atomic E-state index is -0.713. The van der Waals surface area contributed by atoms with Gasteiger partial charge in [-0.1, -0.05) is 6.07 Å². The van der Waals surface area contributed by atoms with Crippen LogP contribution in [0.3, 0.4) is 0 Å². The second-order valence-corrected chi connectivity index (χ2v) is 4.50. The van der Waals surface area contributed by atoms with E-state index in [9.17, 15) is 13.9 Å². The third kappa shape index (κ3) is 3.61. The first-order valence-electron chi connectivity index (χ1n) is 6.21. The number of benzene rings is 1. The van der Waals surface area contributed by atoms with Crippen LogP contribution >= 0.6 is 0 Å². The summed E-state index contributed by atoms with van der Waals surface area (Å²) in [4.78, 5) is 0. The van der Waals surface area contributed by atoms with E-state index in [1.54, 1.807) is 10.9 Å². The maximum atomic E-state index is 13.4. The highest BCUT2D eigenvalue weighted by molar-refractivity contribution is 5.20. The molecule has 2 aromatic rings. The van der Waals surface area contributed by atoms with Crippen molar-refractivity contribution in [3.05, 3.63) is 53.4 Å². The molecule has 1 N–H and O–H groups in total. The Hall–Kier alpha value is -1.75. The van der Waals surface area contributed by atoms with E-state index in [0.717, 1.165) is 18.2 Å². The van der Waals surface area contributed by atoms with Gasteiger partial charge in [-0.25, -0.2) is 8.78 Å². The largest absolute Gasteiger partial charge is 0.392 e. The monoisotopic (exact) mass is 266 g/mol. The van der Waals surface area contributed by atoms with Crippen molar-refractivity contribution < 1.29 is 13.9 Å². The van der Waals surface area contributed by atoms with Gasteiger partial charge >= 0.3 is 0 Å². The van der Waals surface area contributed by atoms with Crippen LogP contribution in [0, 0.1) is 11.6 Å². The minimum Gasteiger partial charge on any atom is -0.392 e. The van der Waals surface area contributed by atoms with Crippen LogP contribution in [0.4, 0.5) is 8.78 Å². The first kappa shape index (κ1) is 13.7. The zero-order valence-electron chi connectivity index (χ0n) is 10.7. The summed E-state index contributed by atoms with van der Waals surface area (Å²) in [6, 6.07) is 3.39. The Bertz CT molecular complexity index is 554. The average molecular weight is 266 g/mol. The third-order valence-corrected chi connectivity index (χ3v) is 2.95. The molecule has 1 heterocycles. The van der Waals surface area contributed by atoms with E-state index in [1.807, 2.05) is 13.1 Å². The van der Waals surface area contributed by atoms with Gasteiger partial charge in [0.15, 0.2) is 0 Å². The quantitative estimate of drug-likeness (QED) is 0.902. The van der Waals surface area contributed by atoms with Crippen LogP contribution in [0.2, 0.25) is 0 Å². The summed E-state index contributed by atoms with van der Waals surface area (Å²) in [6.45, 7) is 2.74.